The lowest BCUT2D eigenvalue weighted by Crippen LogP contribution is -2.28. The smallest absolute Gasteiger partial charge is 0.258 e. The molecule has 0 spiro atoms. The second-order valence-corrected chi connectivity index (χ2v) is 6.73. The highest BCUT2D eigenvalue weighted by Gasteiger charge is 2.29. The molecule has 0 radical (unpaired) electrons. The molecule has 26 heavy (non-hydrogen) atoms. The Hall–Kier alpha value is -2.82. The van der Waals surface area contributed by atoms with Crippen molar-refractivity contribution in [2.24, 2.45) is 5.92 Å². The standard InChI is InChI=1S/C21H24N2O3/c1-14-5-3-8-19(15(14)2)26-13-20(24)22-12-16-6-4-7-18(11-16)23-21(25)17-9-10-17/h3-8,11,17H,9-10,12-13H2,1-2H3,(H,22,24)(H,23,25). The van der Waals surface area contributed by atoms with Gasteiger partial charge < -0.3 is 15.4 Å². The first-order valence-corrected chi connectivity index (χ1v) is 8.88. The fraction of sp³-hybridized carbons (Fsp3) is 0.333. The Kier molecular flexibility index (Phi) is 5.56. The van der Waals surface area contributed by atoms with E-state index in [4.69, 9.17) is 4.74 Å². The van der Waals surface area contributed by atoms with Crippen molar-refractivity contribution in [3.63, 3.8) is 0 Å². The molecule has 5 heteroatoms. The minimum absolute atomic E-state index is 0.0254. The molecule has 5 nitrogen and oxygen atoms in total. The summed E-state index contributed by atoms with van der Waals surface area (Å²) in [7, 11) is 0. The summed E-state index contributed by atoms with van der Waals surface area (Å²) in [6.45, 7) is 4.35. The van der Waals surface area contributed by atoms with Gasteiger partial charge in [-0.15, -0.1) is 0 Å². The van der Waals surface area contributed by atoms with Crippen LogP contribution in [0.2, 0.25) is 0 Å². The number of rotatable bonds is 7. The summed E-state index contributed by atoms with van der Waals surface area (Å²) in [4.78, 5) is 23.9. The lowest BCUT2D eigenvalue weighted by molar-refractivity contribution is -0.123. The molecule has 0 bridgehead atoms. The van der Waals surface area contributed by atoms with Crippen LogP contribution in [0, 0.1) is 19.8 Å². The second kappa shape index (κ2) is 8.04. The highest BCUT2D eigenvalue weighted by Crippen LogP contribution is 2.30. The van der Waals surface area contributed by atoms with Crippen LogP contribution in [0.1, 0.15) is 29.5 Å². The first-order valence-electron chi connectivity index (χ1n) is 8.88. The lowest BCUT2D eigenvalue weighted by atomic mass is 10.1. The number of hydrogen-bond acceptors (Lipinski definition) is 3. The van der Waals surface area contributed by atoms with Crippen LogP contribution in [-0.2, 0) is 16.1 Å². The molecule has 1 fully saturated rings. The Morgan fingerprint density at radius 1 is 1.12 bits per heavy atom. The molecular formula is C21H24N2O3. The summed E-state index contributed by atoms with van der Waals surface area (Å²) >= 11 is 0. The van der Waals surface area contributed by atoms with Gasteiger partial charge in [0.1, 0.15) is 5.75 Å². The third kappa shape index (κ3) is 4.85. The van der Waals surface area contributed by atoms with Crippen LogP contribution in [-0.4, -0.2) is 18.4 Å². The van der Waals surface area contributed by atoms with Crippen molar-refractivity contribution >= 4 is 17.5 Å². The lowest BCUT2D eigenvalue weighted by Gasteiger charge is -2.11. The van der Waals surface area contributed by atoms with Gasteiger partial charge in [0.05, 0.1) is 0 Å². The number of ether oxygens (including phenoxy) is 1. The maximum Gasteiger partial charge on any atom is 0.258 e. The van der Waals surface area contributed by atoms with E-state index in [9.17, 15) is 9.59 Å². The molecule has 1 saturated carbocycles. The third-order valence-electron chi connectivity index (χ3n) is 4.55. The van der Waals surface area contributed by atoms with Crippen molar-refractivity contribution in [1.82, 2.24) is 5.32 Å². The van der Waals surface area contributed by atoms with E-state index in [1.165, 1.54) is 0 Å². The van der Waals surface area contributed by atoms with E-state index in [0.717, 1.165) is 41.0 Å². The molecule has 0 aliphatic heterocycles. The molecule has 3 rings (SSSR count). The molecule has 136 valence electrons. The Bertz CT molecular complexity index is 813. The molecule has 0 heterocycles. The van der Waals surface area contributed by atoms with E-state index in [2.05, 4.69) is 10.6 Å². The fourth-order valence-electron chi connectivity index (χ4n) is 2.62. The predicted octanol–water partition coefficient (Wildman–Crippen LogP) is 3.35. The first kappa shape index (κ1) is 18.0. The number of carbonyl (C=O) groups excluding carboxylic acids is 2. The monoisotopic (exact) mass is 352 g/mol. The van der Waals surface area contributed by atoms with Gasteiger partial charge in [0.25, 0.3) is 5.91 Å². The van der Waals surface area contributed by atoms with Crippen molar-refractivity contribution in [3.8, 4) is 5.75 Å². The van der Waals surface area contributed by atoms with Crippen molar-refractivity contribution in [3.05, 3.63) is 59.2 Å². The quantitative estimate of drug-likeness (QED) is 0.803. The molecule has 0 aromatic heterocycles. The summed E-state index contributed by atoms with van der Waals surface area (Å²) in [6.07, 6.45) is 1.95. The van der Waals surface area contributed by atoms with Gasteiger partial charge in [-0.1, -0.05) is 24.3 Å². The van der Waals surface area contributed by atoms with Gasteiger partial charge in [-0.25, -0.2) is 0 Å². The minimum atomic E-state index is -0.182. The number of carbonyl (C=O) groups is 2. The Balaban J connectivity index is 1.48. The maximum atomic E-state index is 12.0. The molecule has 0 unspecified atom stereocenters. The van der Waals surface area contributed by atoms with Crippen molar-refractivity contribution in [1.29, 1.82) is 0 Å². The highest BCUT2D eigenvalue weighted by molar-refractivity contribution is 5.94. The molecule has 0 atom stereocenters. The zero-order valence-corrected chi connectivity index (χ0v) is 15.2. The summed E-state index contributed by atoms with van der Waals surface area (Å²) < 4.78 is 5.61. The topological polar surface area (TPSA) is 67.4 Å². The Morgan fingerprint density at radius 2 is 1.88 bits per heavy atom. The predicted molar refractivity (Wildman–Crippen MR) is 101 cm³/mol. The Labute approximate surface area is 153 Å². The van der Waals surface area contributed by atoms with E-state index in [1.54, 1.807) is 0 Å². The molecule has 2 N–H and O–H groups in total. The fourth-order valence-corrected chi connectivity index (χ4v) is 2.62. The number of aryl methyl sites for hydroxylation is 1. The van der Waals surface area contributed by atoms with Gasteiger partial charge in [-0.3, -0.25) is 9.59 Å². The van der Waals surface area contributed by atoms with E-state index in [1.807, 2.05) is 56.3 Å². The number of benzene rings is 2. The van der Waals surface area contributed by atoms with Gasteiger partial charge in [0.2, 0.25) is 5.91 Å². The molecule has 2 amide bonds. The van der Waals surface area contributed by atoms with E-state index >= 15 is 0 Å². The highest BCUT2D eigenvalue weighted by atomic mass is 16.5. The van der Waals surface area contributed by atoms with Gasteiger partial charge in [-0.2, -0.15) is 0 Å². The molecular weight excluding hydrogens is 328 g/mol. The average Bonchev–Trinajstić information content (AvgIpc) is 3.47. The number of hydrogen-bond donors (Lipinski definition) is 2. The zero-order chi connectivity index (χ0) is 18.5. The molecule has 1 aliphatic carbocycles. The maximum absolute atomic E-state index is 12.0. The van der Waals surface area contributed by atoms with Crippen molar-refractivity contribution in [2.45, 2.75) is 33.2 Å². The molecule has 0 saturated heterocycles. The summed E-state index contributed by atoms with van der Waals surface area (Å²) in [6, 6.07) is 13.3. The average molecular weight is 352 g/mol. The number of nitrogens with one attached hydrogen (secondary N) is 2. The van der Waals surface area contributed by atoms with Crippen LogP contribution < -0.4 is 15.4 Å². The van der Waals surface area contributed by atoms with Crippen LogP contribution in [0.5, 0.6) is 5.75 Å². The molecule has 2 aromatic rings. The number of anilines is 1. The van der Waals surface area contributed by atoms with Crippen LogP contribution in [0.3, 0.4) is 0 Å². The second-order valence-electron chi connectivity index (χ2n) is 6.73. The minimum Gasteiger partial charge on any atom is -0.483 e. The van der Waals surface area contributed by atoms with Crippen LogP contribution in [0.4, 0.5) is 5.69 Å². The normalized spacial score (nSPS) is 13.2. The SMILES string of the molecule is Cc1cccc(OCC(=O)NCc2cccc(NC(=O)C3CC3)c2)c1C. The van der Waals surface area contributed by atoms with Gasteiger partial charge in [0.15, 0.2) is 6.61 Å². The number of amides is 2. The van der Waals surface area contributed by atoms with Crippen molar-refractivity contribution < 1.29 is 14.3 Å². The molecule has 2 aromatic carbocycles. The van der Waals surface area contributed by atoms with Crippen LogP contribution >= 0.6 is 0 Å². The van der Waals surface area contributed by atoms with Gasteiger partial charge in [0, 0.05) is 18.2 Å². The van der Waals surface area contributed by atoms with Gasteiger partial charge >= 0.3 is 0 Å². The van der Waals surface area contributed by atoms with Gasteiger partial charge in [-0.05, 0) is 61.6 Å². The Morgan fingerprint density at radius 3 is 2.65 bits per heavy atom. The third-order valence-corrected chi connectivity index (χ3v) is 4.55. The van der Waals surface area contributed by atoms with Crippen LogP contribution in [0.25, 0.3) is 0 Å². The largest absolute Gasteiger partial charge is 0.483 e. The summed E-state index contributed by atoms with van der Waals surface area (Å²) in [5.74, 6) is 0.789. The van der Waals surface area contributed by atoms with Crippen LogP contribution in [0.15, 0.2) is 42.5 Å². The van der Waals surface area contributed by atoms with Crippen molar-refractivity contribution in [2.75, 3.05) is 11.9 Å². The van der Waals surface area contributed by atoms with E-state index in [0.29, 0.717) is 6.54 Å². The first-order chi connectivity index (χ1) is 12.5. The van der Waals surface area contributed by atoms with E-state index in [-0.39, 0.29) is 24.3 Å². The zero-order valence-electron chi connectivity index (χ0n) is 15.2. The summed E-state index contributed by atoms with van der Waals surface area (Å²) in [5, 5.41) is 5.76. The van der Waals surface area contributed by atoms with E-state index < -0.39 is 0 Å². The molecule has 1 aliphatic rings. The summed E-state index contributed by atoms with van der Waals surface area (Å²) in [5.41, 5.74) is 3.87.